The van der Waals surface area contributed by atoms with E-state index in [4.69, 9.17) is 4.74 Å². The predicted molar refractivity (Wildman–Crippen MR) is 98.5 cm³/mol. The molecule has 6 nitrogen and oxygen atoms in total. The summed E-state index contributed by atoms with van der Waals surface area (Å²) >= 11 is 3.12. The second kappa shape index (κ2) is 7.29. The van der Waals surface area contributed by atoms with Gasteiger partial charge in [-0.05, 0) is 31.7 Å². The Morgan fingerprint density at radius 3 is 2.96 bits per heavy atom. The zero-order valence-corrected chi connectivity index (χ0v) is 15.7. The lowest BCUT2D eigenvalue weighted by Gasteiger charge is -2.29. The lowest BCUT2D eigenvalue weighted by Crippen LogP contribution is -2.47. The van der Waals surface area contributed by atoms with Crippen LogP contribution in [0.2, 0.25) is 0 Å². The van der Waals surface area contributed by atoms with Gasteiger partial charge in [0, 0.05) is 17.1 Å². The average molecular weight is 380 g/mol. The summed E-state index contributed by atoms with van der Waals surface area (Å²) in [5.74, 6) is -0.415. The Labute approximate surface area is 155 Å². The summed E-state index contributed by atoms with van der Waals surface area (Å²) in [7, 11) is 0. The van der Waals surface area contributed by atoms with Crippen LogP contribution in [-0.2, 0) is 19.1 Å². The van der Waals surface area contributed by atoms with Crippen molar-refractivity contribution >= 4 is 47.0 Å². The number of ether oxygens (including phenoxy) is 1. The van der Waals surface area contributed by atoms with Crippen molar-refractivity contribution in [2.45, 2.75) is 35.6 Å². The normalized spacial score (nSPS) is 25.0. The highest BCUT2D eigenvalue weighted by Gasteiger charge is 2.53. The van der Waals surface area contributed by atoms with Gasteiger partial charge in [-0.15, -0.1) is 23.5 Å². The van der Waals surface area contributed by atoms with Crippen LogP contribution in [0.5, 0.6) is 0 Å². The van der Waals surface area contributed by atoms with Gasteiger partial charge in [0.05, 0.1) is 10.6 Å². The number of amides is 2. The molecule has 8 heteroatoms. The first-order chi connectivity index (χ1) is 11.9. The third-order valence-corrected chi connectivity index (χ3v) is 6.74. The SMILES string of the molecule is CSc1ccccc1NC(=O)COC(=O)[C@@H]1CS[C@]2(C)CCC(=O)N12. The Bertz CT molecular complexity index is 712. The lowest BCUT2D eigenvalue weighted by atomic mass is 10.2. The van der Waals surface area contributed by atoms with E-state index in [2.05, 4.69) is 5.32 Å². The number of thioether (sulfide) groups is 2. The maximum Gasteiger partial charge on any atom is 0.330 e. The molecule has 0 aromatic heterocycles. The fraction of sp³-hybridized carbons (Fsp3) is 0.471. The number of rotatable bonds is 5. The van der Waals surface area contributed by atoms with Crippen LogP contribution in [0.25, 0.3) is 0 Å². The van der Waals surface area contributed by atoms with Gasteiger partial charge in [-0.3, -0.25) is 9.59 Å². The number of nitrogens with one attached hydrogen (secondary N) is 1. The number of carbonyl (C=O) groups excluding carboxylic acids is 3. The van der Waals surface area contributed by atoms with Crippen LogP contribution in [0, 0.1) is 0 Å². The monoisotopic (exact) mass is 380 g/mol. The van der Waals surface area contributed by atoms with Gasteiger partial charge in [0.1, 0.15) is 6.04 Å². The third kappa shape index (κ3) is 3.64. The van der Waals surface area contributed by atoms with Gasteiger partial charge in [-0.1, -0.05) is 12.1 Å². The molecule has 2 fully saturated rings. The number of nitrogens with zero attached hydrogens (tertiary/aromatic N) is 1. The summed E-state index contributed by atoms with van der Waals surface area (Å²) < 4.78 is 5.17. The molecule has 0 bridgehead atoms. The van der Waals surface area contributed by atoms with Crippen molar-refractivity contribution in [2.75, 3.05) is 23.9 Å². The van der Waals surface area contributed by atoms with Crippen molar-refractivity contribution in [3.63, 3.8) is 0 Å². The molecule has 0 spiro atoms. The molecule has 0 aliphatic carbocycles. The lowest BCUT2D eigenvalue weighted by molar-refractivity contribution is -0.155. The van der Waals surface area contributed by atoms with E-state index in [0.717, 1.165) is 11.3 Å². The van der Waals surface area contributed by atoms with Gasteiger partial charge in [0.2, 0.25) is 5.91 Å². The van der Waals surface area contributed by atoms with E-state index in [-0.39, 0.29) is 17.4 Å². The molecule has 1 N–H and O–H groups in total. The molecule has 2 atom stereocenters. The number of hydrogen-bond donors (Lipinski definition) is 1. The van der Waals surface area contributed by atoms with Crippen LogP contribution in [0.1, 0.15) is 19.8 Å². The number of anilines is 1. The molecule has 0 radical (unpaired) electrons. The molecule has 0 saturated carbocycles. The molecule has 1 aromatic rings. The largest absolute Gasteiger partial charge is 0.454 e. The minimum atomic E-state index is -0.601. The Hall–Kier alpha value is -1.67. The van der Waals surface area contributed by atoms with Crippen LogP contribution < -0.4 is 5.32 Å². The molecule has 3 rings (SSSR count). The highest BCUT2D eigenvalue weighted by Crippen LogP contribution is 2.47. The van der Waals surface area contributed by atoms with Crippen molar-refractivity contribution in [1.29, 1.82) is 0 Å². The maximum atomic E-state index is 12.3. The highest BCUT2D eigenvalue weighted by atomic mass is 32.2. The van der Waals surface area contributed by atoms with E-state index in [1.807, 2.05) is 31.4 Å². The molecule has 2 heterocycles. The predicted octanol–water partition coefficient (Wildman–Crippen LogP) is 2.34. The molecule has 0 unspecified atom stereocenters. The summed E-state index contributed by atoms with van der Waals surface area (Å²) in [5.41, 5.74) is 0.690. The standard InChI is InChI=1S/C17H20N2O4S2/c1-17-8-7-15(21)19(17)12(10-25-17)16(22)23-9-14(20)18-11-5-3-4-6-13(11)24-2/h3-6,12H,7-10H2,1-2H3,(H,18,20)/t12-,17+/m0/s1. The van der Waals surface area contributed by atoms with E-state index in [1.165, 1.54) is 11.8 Å². The second-order valence-electron chi connectivity index (χ2n) is 6.12. The number of carbonyl (C=O) groups is 3. The van der Waals surface area contributed by atoms with E-state index in [1.54, 1.807) is 22.7 Å². The molecule has 2 aliphatic rings. The molecule has 134 valence electrons. The van der Waals surface area contributed by atoms with E-state index < -0.39 is 17.9 Å². The number of benzene rings is 1. The van der Waals surface area contributed by atoms with E-state index in [9.17, 15) is 14.4 Å². The molecular weight excluding hydrogens is 360 g/mol. The smallest absolute Gasteiger partial charge is 0.330 e. The third-order valence-electron chi connectivity index (χ3n) is 4.44. The first-order valence-corrected chi connectivity index (χ1v) is 10.2. The van der Waals surface area contributed by atoms with Gasteiger partial charge >= 0.3 is 5.97 Å². The van der Waals surface area contributed by atoms with Crippen molar-refractivity contribution in [2.24, 2.45) is 0 Å². The number of hydrogen-bond acceptors (Lipinski definition) is 6. The Balaban J connectivity index is 1.56. The Kier molecular flexibility index (Phi) is 5.29. The van der Waals surface area contributed by atoms with Gasteiger partial charge in [0.25, 0.3) is 5.91 Å². The summed E-state index contributed by atoms with van der Waals surface area (Å²) in [5, 5.41) is 2.75. The fourth-order valence-corrected chi connectivity index (χ4v) is 5.13. The molecule has 2 aliphatic heterocycles. The van der Waals surface area contributed by atoms with Gasteiger partial charge in [-0.25, -0.2) is 4.79 Å². The minimum Gasteiger partial charge on any atom is -0.454 e. The van der Waals surface area contributed by atoms with Crippen molar-refractivity contribution < 1.29 is 19.1 Å². The minimum absolute atomic E-state index is 0.0206. The van der Waals surface area contributed by atoms with Crippen molar-refractivity contribution in [3.05, 3.63) is 24.3 Å². The quantitative estimate of drug-likeness (QED) is 0.624. The fourth-order valence-electron chi connectivity index (χ4n) is 3.16. The van der Waals surface area contributed by atoms with E-state index in [0.29, 0.717) is 17.9 Å². The van der Waals surface area contributed by atoms with Crippen LogP contribution >= 0.6 is 23.5 Å². The molecule has 2 saturated heterocycles. The van der Waals surface area contributed by atoms with E-state index >= 15 is 0 Å². The topological polar surface area (TPSA) is 75.7 Å². The van der Waals surface area contributed by atoms with Crippen LogP contribution in [0.15, 0.2) is 29.2 Å². The summed E-state index contributed by atoms with van der Waals surface area (Å²) in [4.78, 5) is 38.7. The van der Waals surface area contributed by atoms with Gasteiger partial charge in [-0.2, -0.15) is 0 Å². The van der Waals surface area contributed by atoms with Gasteiger partial charge < -0.3 is 15.0 Å². The maximum absolute atomic E-state index is 12.3. The Morgan fingerprint density at radius 1 is 1.44 bits per heavy atom. The first-order valence-electron chi connectivity index (χ1n) is 8.00. The zero-order valence-electron chi connectivity index (χ0n) is 14.1. The summed E-state index contributed by atoms with van der Waals surface area (Å²) in [6, 6.07) is 6.83. The van der Waals surface area contributed by atoms with Crippen LogP contribution in [0.4, 0.5) is 5.69 Å². The molecular formula is C17H20N2O4S2. The summed E-state index contributed by atoms with van der Waals surface area (Å²) in [6.45, 7) is 1.61. The summed E-state index contributed by atoms with van der Waals surface area (Å²) in [6.07, 6.45) is 3.12. The highest BCUT2D eigenvalue weighted by molar-refractivity contribution is 8.01. The van der Waals surface area contributed by atoms with Crippen LogP contribution in [0.3, 0.4) is 0 Å². The Morgan fingerprint density at radius 2 is 2.20 bits per heavy atom. The first kappa shape index (κ1) is 18.1. The van der Waals surface area contributed by atoms with Crippen LogP contribution in [-0.4, -0.2) is 52.2 Å². The number of fused-ring (bicyclic) bond motifs is 1. The molecule has 1 aromatic carbocycles. The zero-order chi connectivity index (χ0) is 18.0. The second-order valence-corrected chi connectivity index (χ2v) is 8.47. The average Bonchev–Trinajstić information content (AvgIpc) is 3.09. The van der Waals surface area contributed by atoms with Crippen molar-refractivity contribution in [3.8, 4) is 0 Å². The van der Waals surface area contributed by atoms with Crippen molar-refractivity contribution in [1.82, 2.24) is 4.90 Å². The molecule has 2 amide bonds. The number of para-hydroxylation sites is 1. The van der Waals surface area contributed by atoms with Gasteiger partial charge in [0.15, 0.2) is 6.61 Å². The number of esters is 1. The molecule has 25 heavy (non-hydrogen) atoms.